The molecule has 5 heteroatoms. The van der Waals surface area contributed by atoms with Crippen molar-refractivity contribution in [2.75, 3.05) is 31.3 Å². The highest BCUT2D eigenvalue weighted by Gasteiger charge is 2.23. The topological polar surface area (TPSA) is 55.4 Å². The molecule has 0 atom stereocenters. The molecular formula is C12H23NO3S. The zero-order chi connectivity index (χ0) is 12.1. The number of rotatable bonds is 7. The molecule has 2 rings (SSSR count). The standard InChI is InChI=1S/C12H23NO3S/c14-17(15)8-4-12(5-9-17)13-6-1-7-16-10-11-2-3-11/h11-13H,1-10H2. The lowest BCUT2D eigenvalue weighted by Crippen LogP contribution is -2.38. The Morgan fingerprint density at radius 2 is 1.82 bits per heavy atom. The van der Waals surface area contributed by atoms with Crippen LogP contribution >= 0.6 is 0 Å². The van der Waals surface area contributed by atoms with Gasteiger partial charge in [-0.05, 0) is 44.6 Å². The van der Waals surface area contributed by atoms with Crippen LogP contribution in [0.2, 0.25) is 0 Å². The van der Waals surface area contributed by atoms with Crippen molar-refractivity contribution < 1.29 is 13.2 Å². The van der Waals surface area contributed by atoms with Crippen LogP contribution in [0.3, 0.4) is 0 Å². The van der Waals surface area contributed by atoms with Gasteiger partial charge in [-0.3, -0.25) is 0 Å². The van der Waals surface area contributed by atoms with E-state index in [1.165, 1.54) is 12.8 Å². The smallest absolute Gasteiger partial charge is 0.150 e. The van der Waals surface area contributed by atoms with Gasteiger partial charge in [-0.1, -0.05) is 0 Å². The fourth-order valence-electron chi connectivity index (χ4n) is 2.11. The molecule has 1 saturated carbocycles. The van der Waals surface area contributed by atoms with E-state index in [0.717, 1.165) is 44.9 Å². The van der Waals surface area contributed by atoms with Crippen LogP contribution in [0.5, 0.6) is 0 Å². The van der Waals surface area contributed by atoms with Gasteiger partial charge in [-0.15, -0.1) is 0 Å². The predicted octanol–water partition coefficient (Wildman–Crippen LogP) is 0.970. The van der Waals surface area contributed by atoms with Crippen LogP contribution in [-0.2, 0) is 14.6 Å². The molecule has 0 aromatic heterocycles. The first kappa shape index (κ1) is 13.3. The number of sulfone groups is 1. The number of nitrogens with one attached hydrogen (secondary N) is 1. The van der Waals surface area contributed by atoms with Crippen molar-refractivity contribution in [3.63, 3.8) is 0 Å². The van der Waals surface area contributed by atoms with Gasteiger partial charge in [0.15, 0.2) is 0 Å². The second kappa shape index (κ2) is 6.16. The van der Waals surface area contributed by atoms with E-state index >= 15 is 0 Å². The Morgan fingerprint density at radius 1 is 1.12 bits per heavy atom. The maximum atomic E-state index is 11.2. The largest absolute Gasteiger partial charge is 0.381 e. The molecule has 1 saturated heterocycles. The Kier molecular flexibility index (Phi) is 4.82. The molecule has 0 spiro atoms. The molecule has 0 bridgehead atoms. The molecule has 0 unspecified atom stereocenters. The van der Waals surface area contributed by atoms with Gasteiger partial charge in [-0.2, -0.15) is 0 Å². The average Bonchev–Trinajstić information content (AvgIpc) is 3.09. The van der Waals surface area contributed by atoms with Crippen LogP contribution in [0.1, 0.15) is 32.1 Å². The van der Waals surface area contributed by atoms with Crippen molar-refractivity contribution in [1.29, 1.82) is 0 Å². The van der Waals surface area contributed by atoms with Crippen LogP contribution in [0.4, 0.5) is 0 Å². The van der Waals surface area contributed by atoms with E-state index in [0.29, 0.717) is 17.5 Å². The van der Waals surface area contributed by atoms with E-state index in [2.05, 4.69) is 5.32 Å². The van der Waals surface area contributed by atoms with Crippen molar-refractivity contribution in [1.82, 2.24) is 5.32 Å². The normalized spacial score (nSPS) is 24.9. The highest BCUT2D eigenvalue weighted by atomic mass is 32.2. The van der Waals surface area contributed by atoms with Crippen molar-refractivity contribution in [3.8, 4) is 0 Å². The maximum absolute atomic E-state index is 11.2. The van der Waals surface area contributed by atoms with Gasteiger partial charge in [0.1, 0.15) is 9.84 Å². The fraction of sp³-hybridized carbons (Fsp3) is 1.00. The molecule has 2 fully saturated rings. The molecule has 1 heterocycles. The van der Waals surface area contributed by atoms with Gasteiger partial charge in [0.05, 0.1) is 11.5 Å². The minimum absolute atomic E-state index is 0.350. The van der Waals surface area contributed by atoms with E-state index in [1.54, 1.807) is 0 Å². The summed E-state index contributed by atoms with van der Waals surface area (Å²) in [6.07, 6.45) is 5.25. The molecular weight excluding hydrogens is 238 g/mol. The van der Waals surface area contributed by atoms with Crippen molar-refractivity contribution in [2.45, 2.75) is 38.1 Å². The summed E-state index contributed by atoms with van der Waals surface area (Å²) in [5.74, 6) is 1.54. The lowest BCUT2D eigenvalue weighted by molar-refractivity contribution is 0.121. The minimum atomic E-state index is -2.72. The Balaban J connectivity index is 1.45. The first-order chi connectivity index (χ1) is 8.16. The zero-order valence-corrected chi connectivity index (χ0v) is 11.2. The third-order valence-corrected chi connectivity index (χ3v) is 5.22. The van der Waals surface area contributed by atoms with Gasteiger partial charge in [0.25, 0.3) is 0 Å². The SMILES string of the molecule is O=S1(=O)CCC(NCCCOCC2CC2)CC1. The van der Waals surface area contributed by atoms with E-state index in [1.807, 2.05) is 0 Å². The van der Waals surface area contributed by atoms with Crippen LogP contribution in [0, 0.1) is 5.92 Å². The van der Waals surface area contributed by atoms with Crippen LogP contribution in [0.15, 0.2) is 0 Å². The molecule has 2 aliphatic rings. The molecule has 4 nitrogen and oxygen atoms in total. The third kappa shape index (κ3) is 5.36. The zero-order valence-electron chi connectivity index (χ0n) is 10.4. The molecule has 0 aromatic carbocycles. The second-order valence-electron chi connectivity index (χ2n) is 5.25. The summed E-state index contributed by atoms with van der Waals surface area (Å²) in [7, 11) is -2.72. The van der Waals surface area contributed by atoms with Gasteiger partial charge in [-0.25, -0.2) is 8.42 Å². The first-order valence-corrected chi connectivity index (χ1v) is 8.49. The van der Waals surface area contributed by atoms with E-state index in [-0.39, 0.29) is 0 Å². The fourth-order valence-corrected chi connectivity index (χ4v) is 3.60. The molecule has 17 heavy (non-hydrogen) atoms. The van der Waals surface area contributed by atoms with E-state index in [4.69, 9.17) is 4.74 Å². The van der Waals surface area contributed by atoms with Gasteiger partial charge in [0, 0.05) is 19.3 Å². The van der Waals surface area contributed by atoms with Gasteiger partial charge < -0.3 is 10.1 Å². The first-order valence-electron chi connectivity index (χ1n) is 6.67. The minimum Gasteiger partial charge on any atom is -0.381 e. The van der Waals surface area contributed by atoms with Crippen LogP contribution < -0.4 is 5.32 Å². The summed E-state index contributed by atoms with van der Waals surface area (Å²) < 4.78 is 28.0. The van der Waals surface area contributed by atoms with Crippen molar-refractivity contribution in [3.05, 3.63) is 0 Å². The van der Waals surface area contributed by atoms with Crippen LogP contribution in [-0.4, -0.2) is 45.7 Å². The number of ether oxygens (including phenoxy) is 1. The Bertz CT molecular complexity index is 311. The molecule has 100 valence electrons. The van der Waals surface area contributed by atoms with E-state index in [9.17, 15) is 8.42 Å². The van der Waals surface area contributed by atoms with E-state index < -0.39 is 9.84 Å². The summed E-state index contributed by atoms with van der Waals surface area (Å²) in [6, 6.07) is 0.391. The number of hydrogen-bond donors (Lipinski definition) is 1. The summed E-state index contributed by atoms with van der Waals surface area (Å²) in [5, 5.41) is 3.42. The quantitative estimate of drug-likeness (QED) is 0.694. The highest BCUT2D eigenvalue weighted by Crippen LogP contribution is 2.28. The molecule has 0 aromatic rings. The third-order valence-electron chi connectivity index (χ3n) is 3.50. The molecule has 1 N–H and O–H groups in total. The number of hydrogen-bond acceptors (Lipinski definition) is 4. The van der Waals surface area contributed by atoms with Crippen molar-refractivity contribution >= 4 is 9.84 Å². The summed E-state index contributed by atoms with van der Waals surface area (Å²) in [6.45, 7) is 2.70. The lowest BCUT2D eigenvalue weighted by Gasteiger charge is -2.23. The maximum Gasteiger partial charge on any atom is 0.150 e. The summed E-state index contributed by atoms with van der Waals surface area (Å²) in [4.78, 5) is 0. The summed E-state index contributed by atoms with van der Waals surface area (Å²) >= 11 is 0. The molecule has 1 aliphatic carbocycles. The Morgan fingerprint density at radius 3 is 2.47 bits per heavy atom. The van der Waals surface area contributed by atoms with Gasteiger partial charge in [0.2, 0.25) is 0 Å². The highest BCUT2D eigenvalue weighted by molar-refractivity contribution is 7.91. The van der Waals surface area contributed by atoms with Gasteiger partial charge >= 0.3 is 0 Å². The molecule has 0 amide bonds. The van der Waals surface area contributed by atoms with Crippen LogP contribution in [0.25, 0.3) is 0 Å². The van der Waals surface area contributed by atoms with Crippen molar-refractivity contribution in [2.24, 2.45) is 5.92 Å². The molecule has 0 radical (unpaired) electrons. The average molecular weight is 261 g/mol. The monoisotopic (exact) mass is 261 g/mol. The Hall–Kier alpha value is -0.130. The second-order valence-corrected chi connectivity index (χ2v) is 7.56. The lowest BCUT2D eigenvalue weighted by atomic mass is 10.1. The predicted molar refractivity (Wildman–Crippen MR) is 67.8 cm³/mol. The Labute approximate surface area is 104 Å². The molecule has 1 aliphatic heterocycles. The summed E-state index contributed by atoms with van der Waals surface area (Å²) in [5.41, 5.74) is 0.